The lowest BCUT2D eigenvalue weighted by Crippen LogP contribution is -2.41. The van der Waals surface area contributed by atoms with Gasteiger partial charge in [-0.3, -0.25) is 8.01 Å². The van der Waals surface area contributed by atoms with E-state index in [1.807, 2.05) is 24.3 Å². The number of guanidine groups is 1. The SMILES string of the molecule is IN1C(N2c3ccccc3C=Cc3cc(-c4cccc5c4c4ccccc4n5-c4ccccc4)ccc32)=NC(c2ccccc2)=NC1c1ccccc1. The van der Waals surface area contributed by atoms with Crippen molar-refractivity contribution in [2.75, 3.05) is 4.90 Å². The molecule has 0 saturated heterocycles. The summed E-state index contributed by atoms with van der Waals surface area (Å²) >= 11 is 2.40. The van der Waals surface area contributed by atoms with Crippen molar-refractivity contribution in [3.63, 3.8) is 0 Å². The molecule has 7 aromatic carbocycles. The third-order valence-electron chi connectivity index (χ3n) is 10.1. The highest BCUT2D eigenvalue weighted by atomic mass is 127. The van der Waals surface area contributed by atoms with Crippen LogP contribution in [0.15, 0.2) is 186 Å². The molecular weight excluding hydrogens is 761 g/mol. The fraction of sp³-hybridized carbons (Fsp3) is 0.0213. The van der Waals surface area contributed by atoms with Crippen LogP contribution in [0, 0.1) is 0 Å². The third kappa shape index (κ3) is 5.37. The summed E-state index contributed by atoms with van der Waals surface area (Å²) < 4.78 is 4.54. The minimum atomic E-state index is -0.273. The summed E-state index contributed by atoms with van der Waals surface area (Å²) in [5.74, 6) is 1.50. The Balaban J connectivity index is 1.17. The zero-order valence-electron chi connectivity index (χ0n) is 28.6. The molecule has 0 amide bonds. The number of nitrogens with zero attached hydrogens (tertiary/aromatic N) is 5. The molecule has 1 unspecified atom stereocenters. The Bertz CT molecular complexity index is 2750. The molecule has 8 aromatic rings. The Morgan fingerprint density at radius 3 is 2.02 bits per heavy atom. The fourth-order valence-corrected chi connectivity index (χ4v) is 8.45. The smallest absolute Gasteiger partial charge is 0.223 e. The molecule has 0 radical (unpaired) electrons. The van der Waals surface area contributed by atoms with Crippen molar-refractivity contribution < 1.29 is 0 Å². The number of hydrogen-bond acceptors (Lipinski definition) is 4. The molecule has 10 rings (SSSR count). The van der Waals surface area contributed by atoms with E-state index in [0.29, 0.717) is 5.84 Å². The lowest BCUT2D eigenvalue weighted by Gasteiger charge is -2.37. The summed E-state index contributed by atoms with van der Waals surface area (Å²) in [5.41, 5.74) is 12.3. The molecule has 6 heteroatoms. The van der Waals surface area contributed by atoms with Crippen LogP contribution in [0.25, 0.3) is 50.8 Å². The number of hydrogen-bond donors (Lipinski definition) is 0. The number of fused-ring (bicyclic) bond motifs is 5. The van der Waals surface area contributed by atoms with Crippen LogP contribution in [0.5, 0.6) is 0 Å². The summed E-state index contributed by atoms with van der Waals surface area (Å²) in [6, 6.07) is 62.2. The van der Waals surface area contributed by atoms with Gasteiger partial charge in [-0.1, -0.05) is 146 Å². The van der Waals surface area contributed by atoms with Crippen molar-refractivity contribution >= 4 is 80.0 Å². The topological polar surface area (TPSA) is 36.1 Å². The second-order valence-corrected chi connectivity index (χ2v) is 14.3. The van der Waals surface area contributed by atoms with Gasteiger partial charge < -0.3 is 4.57 Å². The van der Waals surface area contributed by atoms with E-state index < -0.39 is 0 Å². The molecule has 0 fully saturated rings. The predicted molar refractivity (Wildman–Crippen MR) is 229 cm³/mol. The van der Waals surface area contributed by atoms with Gasteiger partial charge in [-0.2, -0.15) is 4.99 Å². The van der Waals surface area contributed by atoms with Crippen molar-refractivity contribution in [2.45, 2.75) is 6.17 Å². The zero-order valence-corrected chi connectivity index (χ0v) is 30.7. The molecule has 252 valence electrons. The van der Waals surface area contributed by atoms with Crippen LogP contribution in [-0.2, 0) is 0 Å². The molecule has 0 aliphatic carbocycles. The molecule has 0 N–H and O–H groups in total. The minimum Gasteiger partial charge on any atom is -0.309 e. The molecule has 0 saturated carbocycles. The van der Waals surface area contributed by atoms with E-state index in [1.54, 1.807) is 0 Å². The van der Waals surface area contributed by atoms with Crippen molar-refractivity contribution in [2.24, 2.45) is 9.98 Å². The highest BCUT2D eigenvalue weighted by molar-refractivity contribution is 14.1. The lowest BCUT2D eigenvalue weighted by molar-refractivity contribution is 0.531. The van der Waals surface area contributed by atoms with E-state index in [1.165, 1.54) is 27.4 Å². The number of aromatic nitrogens is 1. The monoisotopic (exact) mass is 793 g/mol. The first-order valence-electron chi connectivity index (χ1n) is 17.7. The van der Waals surface area contributed by atoms with Crippen LogP contribution in [0.3, 0.4) is 0 Å². The van der Waals surface area contributed by atoms with Crippen LogP contribution in [0.4, 0.5) is 11.4 Å². The van der Waals surface area contributed by atoms with E-state index in [2.05, 4.69) is 199 Å². The van der Waals surface area contributed by atoms with E-state index in [-0.39, 0.29) is 6.17 Å². The molecular formula is C47H32IN5. The molecule has 2 aliphatic heterocycles. The number of para-hydroxylation sites is 3. The molecule has 0 bridgehead atoms. The van der Waals surface area contributed by atoms with Gasteiger partial charge in [-0.25, -0.2) is 4.99 Å². The summed E-state index contributed by atoms with van der Waals surface area (Å²) in [5, 5.41) is 2.48. The Labute approximate surface area is 322 Å². The first kappa shape index (κ1) is 31.5. The van der Waals surface area contributed by atoms with Crippen molar-refractivity contribution in [1.82, 2.24) is 7.68 Å². The van der Waals surface area contributed by atoms with Gasteiger partial charge in [0.1, 0.15) is 0 Å². The van der Waals surface area contributed by atoms with Crippen molar-refractivity contribution in [3.8, 4) is 16.8 Å². The number of aliphatic imine (C=N–C) groups is 2. The average Bonchev–Trinajstić information content (AvgIpc) is 3.47. The molecule has 53 heavy (non-hydrogen) atoms. The van der Waals surface area contributed by atoms with Crippen LogP contribution >= 0.6 is 22.9 Å². The fourth-order valence-electron chi connectivity index (χ4n) is 7.68. The number of amidine groups is 1. The van der Waals surface area contributed by atoms with E-state index in [0.717, 1.165) is 50.8 Å². The van der Waals surface area contributed by atoms with Crippen LogP contribution in [-0.4, -0.2) is 19.5 Å². The van der Waals surface area contributed by atoms with E-state index >= 15 is 0 Å². The maximum Gasteiger partial charge on any atom is 0.223 e. The molecule has 2 aliphatic rings. The zero-order chi connectivity index (χ0) is 35.3. The number of halogens is 1. The maximum atomic E-state index is 5.34. The summed E-state index contributed by atoms with van der Waals surface area (Å²) in [7, 11) is 0. The van der Waals surface area contributed by atoms with Gasteiger partial charge in [0.25, 0.3) is 0 Å². The number of benzene rings is 7. The van der Waals surface area contributed by atoms with E-state index in [4.69, 9.17) is 9.98 Å². The van der Waals surface area contributed by atoms with E-state index in [9.17, 15) is 0 Å². The lowest BCUT2D eigenvalue weighted by atomic mass is 9.97. The average molecular weight is 794 g/mol. The quantitative estimate of drug-likeness (QED) is 0.131. The minimum absolute atomic E-state index is 0.273. The van der Waals surface area contributed by atoms with Crippen LogP contribution in [0.1, 0.15) is 28.4 Å². The largest absolute Gasteiger partial charge is 0.309 e. The van der Waals surface area contributed by atoms with Gasteiger partial charge in [0.05, 0.1) is 45.3 Å². The first-order chi connectivity index (χ1) is 26.2. The Hall–Kier alpha value is -6.25. The molecule has 1 atom stereocenters. The molecule has 5 nitrogen and oxygen atoms in total. The summed E-state index contributed by atoms with van der Waals surface area (Å²) in [4.78, 5) is 12.9. The van der Waals surface area contributed by atoms with Gasteiger partial charge in [0.2, 0.25) is 5.96 Å². The standard InChI is InChI=1S/C47H32IN5/c48-53-46(34-18-6-2-7-19-34)49-45(33-16-4-1-5-17-33)50-47(53)52-40-24-12-10-15-32(40)27-28-36-31-35(29-30-41(36)52)38-23-14-26-43-44(38)39-22-11-13-25-42(39)51(43)37-20-8-3-9-21-37/h1-31,46H. The predicted octanol–water partition coefficient (Wildman–Crippen LogP) is 12.2. The van der Waals surface area contributed by atoms with Gasteiger partial charge in [0.15, 0.2) is 12.0 Å². The van der Waals surface area contributed by atoms with Crippen molar-refractivity contribution in [1.29, 1.82) is 0 Å². The normalized spacial score (nSPS) is 15.2. The molecule has 1 aromatic heterocycles. The summed E-state index contributed by atoms with van der Waals surface area (Å²) in [6.45, 7) is 0. The number of anilines is 2. The maximum absolute atomic E-state index is 5.34. The highest BCUT2D eigenvalue weighted by Gasteiger charge is 2.34. The van der Waals surface area contributed by atoms with Gasteiger partial charge in [0, 0.05) is 22.0 Å². The summed E-state index contributed by atoms with van der Waals surface area (Å²) in [6.07, 6.45) is 4.19. The van der Waals surface area contributed by atoms with Gasteiger partial charge in [-0.15, -0.1) is 0 Å². The van der Waals surface area contributed by atoms with Crippen molar-refractivity contribution in [3.05, 3.63) is 198 Å². The third-order valence-corrected chi connectivity index (χ3v) is 11.1. The Kier molecular flexibility index (Phi) is 7.76. The number of rotatable bonds is 4. The van der Waals surface area contributed by atoms with Crippen LogP contribution < -0.4 is 4.90 Å². The first-order valence-corrected chi connectivity index (χ1v) is 18.7. The highest BCUT2D eigenvalue weighted by Crippen LogP contribution is 2.44. The molecule has 0 spiro atoms. The second kappa shape index (κ2) is 13.1. The molecule has 3 heterocycles. The Morgan fingerprint density at radius 1 is 0.528 bits per heavy atom. The van der Waals surface area contributed by atoms with Crippen LogP contribution in [0.2, 0.25) is 0 Å². The Morgan fingerprint density at radius 2 is 1.19 bits per heavy atom. The second-order valence-electron chi connectivity index (χ2n) is 13.2. The van der Waals surface area contributed by atoms with Gasteiger partial charge in [-0.05, 0) is 70.3 Å². The van der Waals surface area contributed by atoms with Gasteiger partial charge >= 0.3 is 0 Å².